The third kappa shape index (κ3) is 4.96. The molecule has 0 bridgehead atoms. The number of carbonyl (C=O) groups is 2. The second-order valence-corrected chi connectivity index (χ2v) is 8.53. The molecule has 37 heavy (non-hydrogen) atoms. The van der Waals surface area contributed by atoms with E-state index in [1.54, 1.807) is 5.32 Å². The molecule has 2 amide bonds. The van der Waals surface area contributed by atoms with E-state index in [1.165, 1.54) is 31.2 Å². The lowest BCUT2D eigenvalue weighted by Gasteiger charge is -2.21. The Balaban J connectivity index is 1.93. The highest BCUT2D eigenvalue weighted by Crippen LogP contribution is 2.29. The molecule has 1 fully saturated rings. The van der Waals surface area contributed by atoms with Crippen molar-refractivity contribution < 1.29 is 37.0 Å². The minimum absolute atomic E-state index is 0.0191. The Morgan fingerprint density at radius 2 is 2.03 bits per heavy atom. The standard InChI is InChI=1S/C23H19ClF4N4O5/c1-2-16(23(26,27)28)29-21(35)13-9-32(18-14(24)4-3-5-15(18)25)20-12(19(13)34)6-7-17(30-20)31-8-11(10-33)37-22(31)36/h3-7,9,11,16,33H,2,8,10H2,1H3,(H,29,35)/t11?,16-/m1/s1. The Labute approximate surface area is 211 Å². The number of fused-ring (bicyclic) bond motifs is 1. The molecule has 9 nitrogen and oxygen atoms in total. The minimum Gasteiger partial charge on any atom is -0.441 e. The van der Waals surface area contributed by atoms with Crippen LogP contribution < -0.4 is 15.6 Å². The molecule has 3 aromatic rings. The molecule has 2 atom stereocenters. The van der Waals surface area contributed by atoms with Gasteiger partial charge < -0.3 is 15.2 Å². The number of ether oxygens (including phenoxy) is 1. The number of carbonyl (C=O) groups excluding carboxylic acids is 2. The van der Waals surface area contributed by atoms with Crippen LogP contribution in [0.4, 0.5) is 28.2 Å². The van der Waals surface area contributed by atoms with Gasteiger partial charge in [-0.05, 0) is 30.7 Å². The molecule has 1 unspecified atom stereocenters. The molecular formula is C23H19ClF4N4O5. The number of para-hydroxylation sites is 1. The molecule has 0 saturated carbocycles. The number of aromatic nitrogens is 2. The van der Waals surface area contributed by atoms with Gasteiger partial charge in [-0.15, -0.1) is 0 Å². The van der Waals surface area contributed by atoms with E-state index in [9.17, 15) is 37.1 Å². The first-order valence-corrected chi connectivity index (χ1v) is 11.3. The predicted octanol–water partition coefficient (Wildman–Crippen LogP) is 3.57. The molecule has 0 spiro atoms. The second kappa shape index (κ2) is 9.98. The van der Waals surface area contributed by atoms with Crippen LogP contribution in [0, 0.1) is 5.82 Å². The van der Waals surface area contributed by atoms with E-state index in [0.29, 0.717) is 0 Å². The number of nitrogens with one attached hydrogen (secondary N) is 1. The fourth-order valence-electron chi connectivity index (χ4n) is 3.85. The van der Waals surface area contributed by atoms with Crippen LogP contribution >= 0.6 is 11.6 Å². The predicted molar refractivity (Wildman–Crippen MR) is 125 cm³/mol. The van der Waals surface area contributed by atoms with Gasteiger partial charge in [-0.1, -0.05) is 24.6 Å². The molecule has 2 aromatic heterocycles. The van der Waals surface area contributed by atoms with Crippen molar-refractivity contribution in [1.82, 2.24) is 14.9 Å². The van der Waals surface area contributed by atoms with Crippen LogP contribution in [0.3, 0.4) is 0 Å². The van der Waals surface area contributed by atoms with Gasteiger partial charge in [0.2, 0.25) is 5.43 Å². The number of aliphatic hydroxyl groups excluding tert-OH is 1. The van der Waals surface area contributed by atoms with E-state index in [-0.39, 0.29) is 34.1 Å². The number of pyridine rings is 2. The summed E-state index contributed by atoms with van der Waals surface area (Å²) in [4.78, 5) is 43.6. The molecule has 4 rings (SSSR count). The number of hydrogen-bond donors (Lipinski definition) is 2. The van der Waals surface area contributed by atoms with Crippen LogP contribution in [0.2, 0.25) is 5.02 Å². The summed E-state index contributed by atoms with van der Waals surface area (Å²) in [6.07, 6.45) is -6.04. The number of halogens is 5. The molecular weight excluding hydrogens is 524 g/mol. The largest absolute Gasteiger partial charge is 0.441 e. The quantitative estimate of drug-likeness (QED) is 0.461. The Kier molecular flexibility index (Phi) is 7.11. The summed E-state index contributed by atoms with van der Waals surface area (Å²) >= 11 is 6.20. The topological polar surface area (TPSA) is 114 Å². The smallest absolute Gasteiger partial charge is 0.416 e. The van der Waals surface area contributed by atoms with Crippen LogP contribution in [0.15, 0.2) is 41.3 Å². The maximum Gasteiger partial charge on any atom is 0.416 e. The molecule has 1 aliphatic rings. The molecule has 0 radical (unpaired) electrons. The SMILES string of the molecule is CC[C@@H](NC(=O)c1cn(-c2c(F)cccc2Cl)c2nc(N3CC(CO)OC3=O)ccc2c1=O)C(F)(F)F. The highest BCUT2D eigenvalue weighted by atomic mass is 35.5. The first-order valence-electron chi connectivity index (χ1n) is 10.9. The summed E-state index contributed by atoms with van der Waals surface area (Å²) in [5, 5.41) is 10.7. The van der Waals surface area contributed by atoms with Gasteiger partial charge in [0, 0.05) is 6.20 Å². The van der Waals surface area contributed by atoms with Gasteiger partial charge in [-0.3, -0.25) is 19.1 Å². The van der Waals surface area contributed by atoms with Crippen molar-refractivity contribution >= 4 is 40.5 Å². The number of nitrogens with zero attached hydrogens (tertiary/aromatic N) is 3. The second-order valence-electron chi connectivity index (χ2n) is 8.13. The molecule has 1 aliphatic heterocycles. The van der Waals surface area contributed by atoms with E-state index in [0.717, 1.165) is 21.7 Å². The normalized spacial score (nSPS) is 16.7. The van der Waals surface area contributed by atoms with Crippen molar-refractivity contribution in [2.24, 2.45) is 0 Å². The average molecular weight is 543 g/mol. The molecule has 3 heterocycles. The van der Waals surface area contributed by atoms with Gasteiger partial charge in [-0.2, -0.15) is 13.2 Å². The zero-order valence-electron chi connectivity index (χ0n) is 19.1. The lowest BCUT2D eigenvalue weighted by Crippen LogP contribution is -2.46. The van der Waals surface area contributed by atoms with E-state index >= 15 is 0 Å². The van der Waals surface area contributed by atoms with Crippen LogP contribution in [-0.2, 0) is 4.74 Å². The van der Waals surface area contributed by atoms with Crippen molar-refractivity contribution in [1.29, 1.82) is 0 Å². The highest BCUT2D eigenvalue weighted by Gasteiger charge is 2.40. The van der Waals surface area contributed by atoms with Crippen molar-refractivity contribution in [2.45, 2.75) is 31.7 Å². The summed E-state index contributed by atoms with van der Waals surface area (Å²) in [6, 6.07) is 3.92. The number of anilines is 1. The summed E-state index contributed by atoms with van der Waals surface area (Å²) < 4.78 is 60.6. The molecule has 1 aromatic carbocycles. The zero-order chi connectivity index (χ0) is 27.1. The summed E-state index contributed by atoms with van der Waals surface area (Å²) in [7, 11) is 0. The van der Waals surface area contributed by atoms with Gasteiger partial charge in [0.05, 0.1) is 23.6 Å². The van der Waals surface area contributed by atoms with Crippen LogP contribution in [-0.4, -0.2) is 58.1 Å². The number of hydrogen-bond acceptors (Lipinski definition) is 6. The van der Waals surface area contributed by atoms with Crippen LogP contribution in [0.1, 0.15) is 23.7 Å². The maximum absolute atomic E-state index is 14.9. The van der Waals surface area contributed by atoms with E-state index < -0.39 is 60.2 Å². The lowest BCUT2D eigenvalue weighted by atomic mass is 10.1. The zero-order valence-corrected chi connectivity index (χ0v) is 19.8. The van der Waals surface area contributed by atoms with E-state index in [4.69, 9.17) is 16.3 Å². The van der Waals surface area contributed by atoms with E-state index in [2.05, 4.69) is 4.98 Å². The lowest BCUT2D eigenvalue weighted by molar-refractivity contribution is -0.153. The monoisotopic (exact) mass is 542 g/mol. The average Bonchev–Trinajstić information content (AvgIpc) is 3.23. The number of amides is 2. The number of alkyl halides is 3. The van der Waals surface area contributed by atoms with Gasteiger partial charge in [0.15, 0.2) is 5.65 Å². The molecule has 0 aliphatic carbocycles. The van der Waals surface area contributed by atoms with Crippen molar-refractivity contribution in [3.8, 4) is 5.69 Å². The summed E-state index contributed by atoms with van der Waals surface area (Å²) in [6.45, 7) is 0.710. The Hall–Kier alpha value is -3.71. The molecule has 14 heteroatoms. The Bertz CT molecular complexity index is 1420. The first kappa shape index (κ1) is 26.4. The van der Waals surface area contributed by atoms with Gasteiger partial charge >= 0.3 is 12.3 Å². The third-order valence-corrected chi connectivity index (χ3v) is 6.03. The molecule has 196 valence electrons. The fourth-order valence-corrected chi connectivity index (χ4v) is 4.10. The van der Waals surface area contributed by atoms with Gasteiger partial charge in [-0.25, -0.2) is 14.2 Å². The van der Waals surface area contributed by atoms with Crippen molar-refractivity contribution in [3.05, 3.63) is 63.2 Å². The minimum atomic E-state index is -4.76. The van der Waals surface area contributed by atoms with E-state index in [1.807, 2.05) is 0 Å². The van der Waals surface area contributed by atoms with Gasteiger partial charge in [0.1, 0.15) is 35.0 Å². The first-order chi connectivity index (χ1) is 17.5. The highest BCUT2D eigenvalue weighted by molar-refractivity contribution is 6.32. The Morgan fingerprint density at radius 1 is 1.30 bits per heavy atom. The van der Waals surface area contributed by atoms with Crippen molar-refractivity contribution in [2.75, 3.05) is 18.1 Å². The summed E-state index contributed by atoms with van der Waals surface area (Å²) in [5.41, 5.74) is -2.23. The number of cyclic esters (lactones) is 1. The Morgan fingerprint density at radius 3 is 2.62 bits per heavy atom. The van der Waals surface area contributed by atoms with Crippen LogP contribution in [0.25, 0.3) is 16.7 Å². The third-order valence-electron chi connectivity index (χ3n) is 5.72. The fraction of sp³-hybridized carbons (Fsp3) is 0.304. The van der Waals surface area contributed by atoms with Crippen LogP contribution in [0.5, 0.6) is 0 Å². The number of aliphatic hydroxyl groups is 1. The number of benzene rings is 1. The number of rotatable bonds is 6. The maximum atomic E-state index is 14.9. The molecule has 1 saturated heterocycles. The van der Waals surface area contributed by atoms with Gasteiger partial charge in [0.25, 0.3) is 5.91 Å². The molecule has 2 N–H and O–H groups in total. The summed E-state index contributed by atoms with van der Waals surface area (Å²) in [5.74, 6) is -2.22. The van der Waals surface area contributed by atoms with Crippen molar-refractivity contribution in [3.63, 3.8) is 0 Å².